The fraction of sp³-hybridized carbons (Fsp3) is 0.500. The Kier molecular flexibility index (Phi) is 1.52. The van der Waals surface area contributed by atoms with E-state index in [0.29, 0.717) is 0 Å². The number of rotatable bonds is 1. The molecule has 0 N–H and O–H groups in total. The second-order valence-electron chi connectivity index (χ2n) is 1.72. The minimum atomic E-state index is -2.80. The smallest absolute Gasteiger partial charge is 0.246 e. The molecule has 0 bridgehead atoms. The van der Waals surface area contributed by atoms with Gasteiger partial charge in [-0.1, -0.05) is 0 Å². The molecule has 1 aromatic heterocycles. The molecule has 0 aliphatic rings. The van der Waals surface area contributed by atoms with Gasteiger partial charge in [-0.15, -0.1) is 0 Å². The molecule has 0 atom stereocenters. The Morgan fingerprint density at radius 3 is 2.50 bits per heavy atom. The third-order valence-corrected chi connectivity index (χ3v) is 1.06. The van der Waals surface area contributed by atoms with E-state index in [1.807, 2.05) is 0 Å². The molecule has 56 valence electrons. The van der Waals surface area contributed by atoms with Gasteiger partial charge in [-0.25, -0.2) is 14.0 Å². The van der Waals surface area contributed by atoms with E-state index >= 15 is 0 Å². The average molecular weight is 149 g/mol. The number of hydrogen-bond acceptors (Lipinski definition) is 2. The summed E-state index contributed by atoms with van der Waals surface area (Å²) >= 11 is 0. The van der Waals surface area contributed by atoms with Gasteiger partial charge < -0.3 is 0 Å². The van der Waals surface area contributed by atoms with Crippen molar-refractivity contribution >= 4 is 0 Å². The first kappa shape index (κ1) is 6.91. The molecule has 1 heterocycles. The van der Waals surface area contributed by atoms with Gasteiger partial charge in [0.2, 0.25) is 0 Å². The van der Waals surface area contributed by atoms with Gasteiger partial charge >= 0.3 is 12.2 Å². The molecule has 1 aromatic rings. The Labute approximate surface area is 54.7 Å². The first-order valence-electron chi connectivity index (χ1n) is 2.51. The fourth-order valence-corrected chi connectivity index (χ4v) is 0.533. The summed E-state index contributed by atoms with van der Waals surface area (Å²) < 4.78 is 24.6. The first-order chi connectivity index (χ1) is 4.63. The van der Waals surface area contributed by atoms with Crippen molar-refractivity contribution in [1.29, 1.82) is 0 Å². The number of alkyl halides is 2. The van der Waals surface area contributed by atoms with Crippen LogP contribution in [-0.2, 0) is 7.05 Å². The van der Waals surface area contributed by atoms with Crippen LogP contribution >= 0.6 is 0 Å². The average Bonchev–Trinajstić information content (AvgIpc) is 2.14. The van der Waals surface area contributed by atoms with Crippen LogP contribution in [0.15, 0.2) is 11.1 Å². The normalized spacial score (nSPS) is 10.8. The SMILES string of the molecule is Cn1ncn(C(F)F)c1=O. The van der Waals surface area contributed by atoms with Crippen LogP contribution in [-0.4, -0.2) is 14.3 Å². The molecule has 0 aliphatic carbocycles. The quantitative estimate of drug-likeness (QED) is 0.562. The Morgan fingerprint density at radius 1 is 1.70 bits per heavy atom. The van der Waals surface area contributed by atoms with Gasteiger partial charge in [-0.3, -0.25) is 0 Å². The van der Waals surface area contributed by atoms with Crippen LogP contribution in [0.25, 0.3) is 0 Å². The summed E-state index contributed by atoms with van der Waals surface area (Å²) in [5.74, 6) is 0. The van der Waals surface area contributed by atoms with E-state index in [1.54, 1.807) is 0 Å². The largest absolute Gasteiger partial charge is 0.349 e. The zero-order valence-electron chi connectivity index (χ0n) is 5.16. The monoisotopic (exact) mass is 149 g/mol. The fourth-order valence-electron chi connectivity index (χ4n) is 0.533. The predicted octanol–water partition coefficient (Wildman–Crippen LogP) is -0.0231. The minimum absolute atomic E-state index is 0.250. The molecule has 1 rings (SSSR count). The summed E-state index contributed by atoms with van der Waals surface area (Å²) in [7, 11) is 1.31. The van der Waals surface area contributed by atoms with Crippen molar-refractivity contribution in [1.82, 2.24) is 14.3 Å². The van der Waals surface area contributed by atoms with Crippen LogP contribution in [0.4, 0.5) is 8.78 Å². The van der Waals surface area contributed by atoms with E-state index in [1.165, 1.54) is 7.05 Å². The standard InChI is InChI=1S/C4H5F2N3O/c1-8-4(10)9(2-7-8)3(5)6/h2-3H,1H3. The second kappa shape index (κ2) is 2.20. The minimum Gasteiger partial charge on any atom is -0.246 e. The van der Waals surface area contributed by atoms with Crippen LogP contribution in [0.3, 0.4) is 0 Å². The van der Waals surface area contributed by atoms with Crippen molar-refractivity contribution in [2.45, 2.75) is 6.55 Å². The van der Waals surface area contributed by atoms with Crippen LogP contribution in [0, 0.1) is 0 Å². The molecule has 0 spiro atoms. The molecule has 0 fully saturated rings. The highest BCUT2D eigenvalue weighted by Crippen LogP contribution is 2.02. The lowest BCUT2D eigenvalue weighted by molar-refractivity contribution is 0.0659. The number of hydrogen-bond donors (Lipinski definition) is 0. The number of halogens is 2. The summed E-state index contributed by atoms with van der Waals surface area (Å²) in [5.41, 5.74) is -0.810. The van der Waals surface area contributed by atoms with Crippen molar-refractivity contribution in [2.24, 2.45) is 7.05 Å². The molecule has 0 saturated carbocycles. The number of aryl methyl sites for hydroxylation is 1. The maximum atomic E-state index is 11.8. The van der Waals surface area contributed by atoms with Crippen molar-refractivity contribution in [2.75, 3.05) is 0 Å². The van der Waals surface area contributed by atoms with Crippen LogP contribution < -0.4 is 5.69 Å². The molecule has 0 aromatic carbocycles. The highest BCUT2D eigenvalue weighted by atomic mass is 19.3. The Balaban J connectivity index is 3.18. The maximum Gasteiger partial charge on any atom is 0.349 e. The van der Waals surface area contributed by atoms with Crippen molar-refractivity contribution in [3.63, 3.8) is 0 Å². The molecule has 0 saturated heterocycles. The molecule has 0 radical (unpaired) electrons. The van der Waals surface area contributed by atoms with Gasteiger partial charge in [-0.2, -0.15) is 13.9 Å². The molecule has 6 heteroatoms. The highest BCUT2D eigenvalue weighted by molar-refractivity contribution is 4.65. The molecule has 0 unspecified atom stereocenters. The topological polar surface area (TPSA) is 39.8 Å². The van der Waals surface area contributed by atoms with Crippen LogP contribution in [0.1, 0.15) is 6.55 Å². The lowest BCUT2D eigenvalue weighted by atomic mass is 11.0. The van der Waals surface area contributed by atoms with E-state index < -0.39 is 12.2 Å². The lowest BCUT2D eigenvalue weighted by Crippen LogP contribution is -2.22. The summed E-state index contributed by atoms with van der Waals surface area (Å²) in [6, 6.07) is 0. The third kappa shape index (κ3) is 0.916. The molecule has 4 nitrogen and oxygen atoms in total. The van der Waals surface area contributed by atoms with Crippen molar-refractivity contribution in [3.8, 4) is 0 Å². The molecule has 10 heavy (non-hydrogen) atoms. The molecular weight excluding hydrogens is 144 g/mol. The van der Waals surface area contributed by atoms with Gasteiger partial charge in [0.05, 0.1) is 0 Å². The molecule has 0 aliphatic heterocycles. The molecular formula is C4H5F2N3O. The van der Waals surface area contributed by atoms with Gasteiger partial charge in [-0.05, 0) is 0 Å². The van der Waals surface area contributed by atoms with Gasteiger partial charge in [0.25, 0.3) is 0 Å². The lowest BCUT2D eigenvalue weighted by Gasteiger charge is -1.92. The van der Waals surface area contributed by atoms with E-state index in [4.69, 9.17) is 0 Å². The van der Waals surface area contributed by atoms with E-state index in [2.05, 4.69) is 5.10 Å². The summed E-state index contributed by atoms with van der Waals surface area (Å²) in [5, 5.41) is 3.32. The number of nitrogens with zero attached hydrogens (tertiary/aromatic N) is 3. The van der Waals surface area contributed by atoms with Crippen LogP contribution in [0.5, 0.6) is 0 Å². The van der Waals surface area contributed by atoms with E-state index in [9.17, 15) is 13.6 Å². The Hall–Kier alpha value is -1.20. The van der Waals surface area contributed by atoms with E-state index in [-0.39, 0.29) is 4.57 Å². The summed E-state index contributed by atoms with van der Waals surface area (Å²) in [6.07, 6.45) is 0.799. The van der Waals surface area contributed by atoms with Gasteiger partial charge in [0.15, 0.2) is 0 Å². The van der Waals surface area contributed by atoms with Gasteiger partial charge in [0.1, 0.15) is 6.33 Å². The Bertz CT molecular complexity index is 276. The van der Waals surface area contributed by atoms with E-state index in [0.717, 1.165) is 11.0 Å². The summed E-state index contributed by atoms with van der Waals surface area (Å²) in [6.45, 7) is -2.80. The third-order valence-electron chi connectivity index (χ3n) is 1.06. The highest BCUT2D eigenvalue weighted by Gasteiger charge is 2.09. The zero-order valence-corrected chi connectivity index (χ0v) is 5.16. The Morgan fingerprint density at radius 2 is 2.30 bits per heavy atom. The maximum absolute atomic E-state index is 11.8. The number of aromatic nitrogens is 3. The predicted molar refractivity (Wildman–Crippen MR) is 28.7 cm³/mol. The first-order valence-corrected chi connectivity index (χ1v) is 2.51. The second-order valence-corrected chi connectivity index (χ2v) is 1.72. The molecule has 0 amide bonds. The van der Waals surface area contributed by atoms with Gasteiger partial charge in [0, 0.05) is 7.05 Å². The van der Waals surface area contributed by atoms with Crippen LogP contribution in [0.2, 0.25) is 0 Å². The zero-order chi connectivity index (χ0) is 7.72. The van der Waals surface area contributed by atoms with Crippen molar-refractivity contribution < 1.29 is 8.78 Å². The summed E-state index contributed by atoms with van der Waals surface area (Å²) in [4.78, 5) is 10.6. The van der Waals surface area contributed by atoms with Crippen molar-refractivity contribution in [3.05, 3.63) is 16.8 Å².